The Kier molecular flexibility index (Phi) is 5.14. The molecule has 0 aliphatic heterocycles. The van der Waals surface area contributed by atoms with E-state index in [9.17, 15) is 9.59 Å². The van der Waals surface area contributed by atoms with Crippen LogP contribution in [-0.2, 0) is 9.59 Å². The number of hydrogen-bond acceptors (Lipinski definition) is 3. The van der Waals surface area contributed by atoms with Gasteiger partial charge in [0.2, 0.25) is 0 Å². The first-order valence-corrected chi connectivity index (χ1v) is 6.87. The number of nitrogens with one attached hydrogen (secondary N) is 1. The number of carboxylic acid groups (broad SMARTS) is 1. The van der Waals surface area contributed by atoms with Crippen molar-refractivity contribution in [2.45, 2.75) is 12.8 Å². The predicted molar refractivity (Wildman–Crippen MR) is 83.1 cm³/mol. The summed E-state index contributed by atoms with van der Waals surface area (Å²) < 4.78 is 5.36. The number of carbonyl (C=O) groups is 2. The molecule has 2 N–H and O–H groups in total. The van der Waals surface area contributed by atoms with Gasteiger partial charge in [0.05, 0.1) is 5.92 Å². The Hall–Kier alpha value is -2.82. The van der Waals surface area contributed by atoms with Crippen molar-refractivity contribution in [2.75, 3.05) is 11.9 Å². The number of carbonyl (C=O) groups excluding carboxylic acids is 1. The predicted octanol–water partition coefficient (Wildman–Crippen LogP) is 2.89. The highest BCUT2D eigenvalue weighted by Gasteiger charge is 2.18. The number of para-hydroxylation sites is 2. The molecule has 2 aromatic rings. The molecule has 2 rings (SSSR count). The second-order valence-electron chi connectivity index (χ2n) is 4.80. The number of amides is 1. The second kappa shape index (κ2) is 7.26. The minimum Gasteiger partial charge on any atom is -0.484 e. The van der Waals surface area contributed by atoms with Crippen molar-refractivity contribution in [3.63, 3.8) is 0 Å². The highest BCUT2D eigenvalue weighted by Crippen LogP contribution is 2.24. The zero-order chi connectivity index (χ0) is 15.9. The summed E-state index contributed by atoms with van der Waals surface area (Å²) in [7, 11) is 0. The Balaban J connectivity index is 2.01. The van der Waals surface area contributed by atoms with Gasteiger partial charge in [-0.25, -0.2) is 0 Å². The average molecular weight is 299 g/mol. The highest BCUT2D eigenvalue weighted by molar-refractivity contribution is 5.93. The molecular weight excluding hydrogens is 282 g/mol. The van der Waals surface area contributed by atoms with Crippen LogP contribution in [0.3, 0.4) is 0 Å². The van der Waals surface area contributed by atoms with Crippen molar-refractivity contribution in [1.82, 2.24) is 0 Å². The lowest BCUT2D eigenvalue weighted by molar-refractivity contribution is -0.138. The molecule has 2 aromatic carbocycles. The fraction of sp³-hybridized carbons (Fsp3) is 0.176. The number of ether oxygens (including phenoxy) is 1. The number of rotatable bonds is 6. The first-order valence-electron chi connectivity index (χ1n) is 6.87. The Morgan fingerprint density at radius 2 is 1.73 bits per heavy atom. The summed E-state index contributed by atoms with van der Waals surface area (Å²) in [4.78, 5) is 23.1. The molecule has 0 radical (unpaired) electrons. The Morgan fingerprint density at radius 1 is 1.09 bits per heavy atom. The molecule has 114 valence electrons. The van der Waals surface area contributed by atoms with E-state index in [2.05, 4.69) is 5.32 Å². The Bertz CT molecular complexity index is 655. The van der Waals surface area contributed by atoms with Crippen LogP contribution in [-0.4, -0.2) is 23.6 Å². The van der Waals surface area contributed by atoms with Crippen LogP contribution in [0.15, 0.2) is 54.6 Å². The van der Waals surface area contributed by atoms with Gasteiger partial charge in [-0.15, -0.1) is 0 Å². The van der Waals surface area contributed by atoms with Crippen LogP contribution in [0, 0.1) is 0 Å². The van der Waals surface area contributed by atoms with Crippen molar-refractivity contribution >= 4 is 17.6 Å². The molecule has 1 unspecified atom stereocenters. The molecule has 0 saturated carbocycles. The zero-order valence-corrected chi connectivity index (χ0v) is 12.2. The third-order valence-electron chi connectivity index (χ3n) is 3.18. The summed E-state index contributed by atoms with van der Waals surface area (Å²) in [5.74, 6) is -1.38. The average Bonchev–Trinajstić information content (AvgIpc) is 2.53. The lowest BCUT2D eigenvalue weighted by atomic mass is 9.99. The van der Waals surface area contributed by atoms with Crippen LogP contribution in [0.25, 0.3) is 0 Å². The van der Waals surface area contributed by atoms with E-state index >= 15 is 0 Å². The second-order valence-corrected chi connectivity index (χ2v) is 4.80. The van der Waals surface area contributed by atoms with Crippen LogP contribution < -0.4 is 10.1 Å². The van der Waals surface area contributed by atoms with Gasteiger partial charge in [0, 0.05) is 5.69 Å². The molecule has 0 aliphatic rings. The lowest BCUT2D eigenvalue weighted by Crippen LogP contribution is -2.21. The molecule has 0 spiro atoms. The highest BCUT2D eigenvalue weighted by atomic mass is 16.5. The summed E-state index contributed by atoms with van der Waals surface area (Å²) >= 11 is 0. The number of anilines is 1. The normalized spacial score (nSPS) is 11.5. The van der Waals surface area contributed by atoms with Crippen LogP contribution in [0.4, 0.5) is 5.69 Å². The van der Waals surface area contributed by atoms with Gasteiger partial charge >= 0.3 is 5.97 Å². The molecule has 5 heteroatoms. The summed E-state index contributed by atoms with van der Waals surface area (Å²) in [6.07, 6.45) is 0. The molecule has 0 bridgehead atoms. The minimum atomic E-state index is -0.942. The van der Waals surface area contributed by atoms with Gasteiger partial charge in [-0.3, -0.25) is 9.59 Å². The SMILES string of the molecule is CC(C(=O)O)c1ccccc1NC(=O)COc1ccccc1. The number of benzene rings is 2. The summed E-state index contributed by atoms with van der Waals surface area (Å²) in [5.41, 5.74) is 1.04. The van der Waals surface area contributed by atoms with Crippen LogP contribution in [0.1, 0.15) is 18.4 Å². The van der Waals surface area contributed by atoms with Crippen LogP contribution >= 0.6 is 0 Å². The van der Waals surface area contributed by atoms with Gasteiger partial charge in [-0.1, -0.05) is 36.4 Å². The quantitative estimate of drug-likeness (QED) is 0.860. The number of aliphatic carboxylic acids is 1. The van der Waals surface area contributed by atoms with E-state index in [1.807, 2.05) is 18.2 Å². The van der Waals surface area contributed by atoms with Gasteiger partial charge in [0.15, 0.2) is 6.61 Å². The van der Waals surface area contributed by atoms with Crippen molar-refractivity contribution in [1.29, 1.82) is 0 Å². The zero-order valence-electron chi connectivity index (χ0n) is 12.2. The fourth-order valence-electron chi connectivity index (χ4n) is 1.97. The molecule has 1 atom stereocenters. The molecular formula is C17H17NO4. The van der Waals surface area contributed by atoms with E-state index < -0.39 is 11.9 Å². The van der Waals surface area contributed by atoms with Crippen LogP contribution in [0.5, 0.6) is 5.75 Å². The minimum absolute atomic E-state index is 0.139. The molecule has 0 heterocycles. The Labute approximate surface area is 128 Å². The fourth-order valence-corrected chi connectivity index (χ4v) is 1.97. The van der Waals surface area contributed by atoms with E-state index in [0.29, 0.717) is 17.0 Å². The van der Waals surface area contributed by atoms with Gasteiger partial charge in [0.1, 0.15) is 5.75 Å². The van der Waals surface area contributed by atoms with E-state index in [1.165, 1.54) is 0 Å². The van der Waals surface area contributed by atoms with E-state index in [0.717, 1.165) is 0 Å². The third-order valence-corrected chi connectivity index (χ3v) is 3.18. The van der Waals surface area contributed by atoms with Gasteiger partial charge in [0.25, 0.3) is 5.91 Å². The lowest BCUT2D eigenvalue weighted by Gasteiger charge is -2.14. The van der Waals surface area contributed by atoms with Crippen molar-refractivity contribution in [3.05, 3.63) is 60.2 Å². The summed E-state index contributed by atoms with van der Waals surface area (Å²) in [6.45, 7) is 1.44. The molecule has 0 saturated heterocycles. The summed E-state index contributed by atoms with van der Waals surface area (Å²) in [6, 6.07) is 15.9. The van der Waals surface area contributed by atoms with E-state index in [1.54, 1.807) is 43.3 Å². The van der Waals surface area contributed by atoms with E-state index in [4.69, 9.17) is 9.84 Å². The number of carboxylic acids is 1. The maximum absolute atomic E-state index is 11.9. The van der Waals surface area contributed by atoms with Crippen molar-refractivity contribution < 1.29 is 19.4 Å². The maximum Gasteiger partial charge on any atom is 0.310 e. The topological polar surface area (TPSA) is 75.6 Å². The van der Waals surface area contributed by atoms with Crippen LogP contribution in [0.2, 0.25) is 0 Å². The largest absolute Gasteiger partial charge is 0.484 e. The number of hydrogen-bond donors (Lipinski definition) is 2. The maximum atomic E-state index is 11.9. The Morgan fingerprint density at radius 3 is 2.41 bits per heavy atom. The standard InChI is InChI=1S/C17H17NO4/c1-12(17(20)21)14-9-5-6-10-15(14)18-16(19)11-22-13-7-3-2-4-8-13/h2-10,12H,11H2,1H3,(H,18,19)(H,20,21). The molecule has 22 heavy (non-hydrogen) atoms. The molecule has 0 aromatic heterocycles. The first kappa shape index (κ1) is 15.6. The van der Waals surface area contributed by atoms with Crippen molar-refractivity contribution in [2.24, 2.45) is 0 Å². The molecule has 1 amide bonds. The smallest absolute Gasteiger partial charge is 0.310 e. The third kappa shape index (κ3) is 4.09. The summed E-state index contributed by atoms with van der Waals surface area (Å²) in [5, 5.41) is 11.8. The molecule has 5 nitrogen and oxygen atoms in total. The molecule has 0 fully saturated rings. The van der Waals surface area contributed by atoms with Crippen molar-refractivity contribution in [3.8, 4) is 5.75 Å². The molecule has 0 aliphatic carbocycles. The monoisotopic (exact) mass is 299 g/mol. The van der Waals surface area contributed by atoms with Gasteiger partial charge < -0.3 is 15.2 Å². The first-order chi connectivity index (χ1) is 10.6. The van der Waals surface area contributed by atoms with E-state index in [-0.39, 0.29) is 12.5 Å². The van der Waals surface area contributed by atoms with Gasteiger partial charge in [-0.05, 0) is 30.7 Å². The van der Waals surface area contributed by atoms with Gasteiger partial charge in [-0.2, -0.15) is 0 Å².